The van der Waals surface area contributed by atoms with Gasteiger partial charge in [0.25, 0.3) is 0 Å². The van der Waals surface area contributed by atoms with Gasteiger partial charge in [-0.15, -0.1) is 0 Å². The summed E-state index contributed by atoms with van der Waals surface area (Å²) >= 11 is 0. The molecule has 6 aliphatic heterocycles. The maximum atomic E-state index is 15.8. The van der Waals surface area contributed by atoms with Gasteiger partial charge in [-0.3, -0.25) is 0 Å². The second kappa shape index (κ2) is 15.8. The Hall–Kier alpha value is -3.27. The summed E-state index contributed by atoms with van der Waals surface area (Å²) in [5.74, 6) is 0.172. The molecule has 0 aliphatic carbocycles. The fourth-order valence-corrected chi connectivity index (χ4v) is 12.6. The summed E-state index contributed by atoms with van der Waals surface area (Å²) in [6.07, 6.45) is 0. The van der Waals surface area contributed by atoms with E-state index in [0.717, 1.165) is 22.3 Å². The van der Waals surface area contributed by atoms with E-state index in [-0.39, 0.29) is 75.4 Å². The summed E-state index contributed by atoms with van der Waals surface area (Å²) < 4.78 is 101. The molecular formula is C44H54B2O10S4. The van der Waals surface area contributed by atoms with Crippen molar-refractivity contribution in [2.45, 2.75) is 158 Å². The minimum absolute atomic E-state index is 0.0431. The fourth-order valence-electron chi connectivity index (χ4n) is 6.92. The first-order chi connectivity index (χ1) is 27.8. The maximum absolute atomic E-state index is 15.8. The van der Waals surface area contributed by atoms with Crippen LogP contribution in [-0.4, -0.2) is 44.7 Å². The van der Waals surface area contributed by atoms with Crippen molar-refractivity contribution in [2.75, 3.05) is 13.2 Å². The van der Waals surface area contributed by atoms with E-state index in [2.05, 4.69) is 0 Å². The highest BCUT2D eigenvalue weighted by molar-refractivity contribution is 7.87. The van der Waals surface area contributed by atoms with Crippen LogP contribution in [0.15, 0.2) is 87.7 Å². The lowest BCUT2D eigenvalue weighted by Gasteiger charge is -2.31. The molecule has 0 amide bonds. The summed E-state index contributed by atoms with van der Waals surface area (Å²) in [6, 6.07) is 14.4. The molecule has 60 heavy (non-hydrogen) atoms. The van der Waals surface area contributed by atoms with Crippen LogP contribution in [0.2, 0.25) is 0 Å². The Balaban J connectivity index is 1.77. The second-order valence-electron chi connectivity index (χ2n) is 19.2. The van der Waals surface area contributed by atoms with Gasteiger partial charge in [0.1, 0.15) is 23.0 Å². The normalized spacial score (nSPS) is 20.2. The zero-order valence-corrected chi connectivity index (χ0v) is 40.2. The van der Waals surface area contributed by atoms with Crippen LogP contribution in [0, 0.1) is 0 Å². The molecule has 6 heterocycles. The highest BCUT2D eigenvalue weighted by Crippen LogP contribution is 2.50. The van der Waals surface area contributed by atoms with Crippen molar-refractivity contribution in [3.63, 3.8) is 0 Å². The van der Waals surface area contributed by atoms with Gasteiger partial charge in [0.2, 0.25) is 0 Å². The van der Waals surface area contributed by atoms with Gasteiger partial charge in [-0.2, -0.15) is 0 Å². The van der Waals surface area contributed by atoms with E-state index in [1.165, 1.54) is 0 Å². The molecule has 0 radical (unpaired) electrons. The number of rotatable bonds is 4. The first-order valence-electron chi connectivity index (χ1n) is 20.1. The first-order valence-corrected chi connectivity index (χ1v) is 24.7. The van der Waals surface area contributed by atoms with E-state index in [1.54, 1.807) is 38.1 Å². The molecular weight excluding hydrogens is 838 g/mol. The average molecular weight is 893 g/mol. The van der Waals surface area contributed by atoms with Crippen LogP contribution in [0.3, 0.4) is 0 Å². The van der Waals surface area contributed by atoms with Crippen molar-refractivity contribution in [3.05, 3.63) is 70.8 Å². The van der Waals surface area contributed by atoms with Crippen molar-refractivity contribution >= 4 is 57.8 Å². The summed E-state index contributed by atoms with van der Waals surface area (Å²) in [5.41, 5.74) is 0.875. The van der Waals surface area contributed by atoms with Gasteiger partial charge in [0.15, 0.2) is 0 Å². The van der Waals surface area contributed by atoms with Crippen LogP contribution in [0.5, 0.6) is 23.0 Å². The summed E-state index contributed by atoms with van der Waals surface area (Å²) in [7, 11) is -11.3. The van der Waals surface area contributed by atoms with Gasteiger partial charge in [-0.1, -0.05) is 83.1 Å². The van der Waals surface area contributed by atoms with Gasteiger partial charge in [-0.25, -0.2) is 16.8 Å². The van der Waals surface area contributed by atoms with Crippen LogP contribution in [-0.2, 0) is 74.2 Å². The monoisotopic (exact) mass is 892 g/mol. The Morgan fingerprint density at radius 1 is 0.383 bits per heavy atom. The minimum Gasteiger partial charge on any atom is -0.499 e. The van der Waals surface area contributed by atoms with E-state index in [9.17, 15) is 0 Å². The average Bonchev–Trinajstić information content (AvgIpc) is 3.14. The maximum Gasteiger partial charge on any atom is 0.788 e. The summed E-state index contributed by atoms with van der Waals surface area (Å²) in [4.78, 5) is 1.70. The highest BCUT2D eigenvalue weighted by atomic mass is 32.2. The van der Waals surface area contributed by atoms with Crippen molar-refractivity contribution in [1.29, 1.82) is 0 Å². The van der Waals surface area contributed by atoms with Gasteiger partial charge >= 0.3 is 14.6 Å². The lowest BCUT2D eigenvalue weighted by atomic mass is 9.87. The zero-order valence-electron chi connectivity index (χ0n) is 36.9. The molecule has 4 aromatic carbocycles. The van der Waals surface area contributed by atoms with E-state index in [0.29, 0.717) is 0 Å². The van der Waals surface area contributed by atoms with Crippen molar-refractivity contribution in [3.8, 4) is 23.0 Å². The molecule has 0 N–H and O–H groups in total. The fraction of sp³-hybridized carbons (Fsp3) is 0.455. The minimum atomic E-state index is -2.15. The molecule has 0 unspecified atom stereocenters. The smallest absolute Gasteiger partial charge is 0.499 e. The topological polar surface area (TPSA) is 124 Å². The Kier molecular flexibility index (Phi) is 11.8. The predicted molar refractivity (Wildman–Crippen MR) is 237 cm³/mol. The Morgan fingerprint density at radius 3 is 0.683 bits per heavy atom. The largest absolute Gasteiger partial charge is 0.788 e. The number of hydrogen-bond acceptors (Lipinski definition) is 10. The van der Waals surface area contributed by atoms with Gasteiger partial charge in [0.05, 0.1) is 82.4 Å². The van der Waals surface area contributed by atoms with Crippen LogP contribution in [0.4, 0.5) is 0 Å². The highest BCUT2D eigenvalue weighted by Gasteiger charge is 2.44. The third kappa shape index (κ3) is 8.21. The number of benzene rings is 4. The quantitative estimate of drug-likeness (QED) is 0.161. The molecule has 12 bridgehead atoms. The lowest BCUT2D eigenvalue weighted by Crippen LogP contribution is -2.37. The molecule has 0 saturated heterocycles. The van der Waals surface area contributed by atoms with Crippen LogP contribution in [0.1, 0.15) is 119 Å². The number of hydrogen-bond donors (Lipinski definition) is 0. The van der Waals surface area contributed by atoms with E-state index in [1.807, 2.05) is 107 Å². The predicted octanol–water partition coefficient (Wildman–Crippen LogP) is 9.44. The molecule has 16 heteroatoms. The van der Waals surface area contributed by atoms with Crippen LogP contribution in [0.25, 0.3) is 0 Å². The molecule has 10 nitrogen and oxygen atoms in total. The van der Waals surface area contributed by atoms with Crippen molar-refractivity contribution < 1.29 is 44.8 Å². The third-order valence-electron chi connectivity index (χ3n) is 10.6. The molecule has 0 saturated carbocycles. The Morgan fingerprint density at radius 2 is 0.550 bits per heavy atom. The van der Waals surface area contributed by atoms with Gasteiger partial charge in [0, 0.05) is 13.2 Å². The van der Waals surface area contributed by atoms with E-state index < -0.39 is 79.5 Å². The molecule has 0 spiro atoms. The molecule has 4 aromatic rings. The van der Waals surface area contributed by atoms with Crippen LogP contribution < -0.4 is 18.6 Å². The third-order valence-corrected chi connectivity index (χ3v) is 16.2. The molecule has 0 aromatic heterocycles. The molecule has 0 fully saturated rings. The first kappa shape index (κ1) is 44.8. The molecule has 6 aliphatic rings. The zero-order chi connectivity index (χ0) is 44.0. The van der Waals surface area contributed by atoms with E-state index in [4.69, 9.17) is 27.9 Å². The summed E-state index contributed by atoms with van der Waals surface area (Å²) in [6.45, 7) is 28.1. The summed E-state index contributed by atoms with van der Waals surface area (Å²) in [5, 5.41) is 0. The second-order valence-corrected chi connectivity index (χ2v) is 24.9. The standard InChI is InChI=1S/C44H54B2O10S4/c1-15-51-45-53-37-29-17-25(41(3,4)5)21-33(37)59(49)35-23-27(43(9,10)11)19-31-39(35)55-46(52-16-2)56-40-32(58(31)48)20-28(44(12,13)14)24-36(40)60(50)34-22-26(42(6,7)8)18-30(57(29)47)38(34)54-45/h17-24H,15-16H2,1-14H3. The molecule has 0 atom stereocenters. The SMILES string of the molecule is CCOB1Oc2c3cc(C(C)(C)C)cc2S(=O)c2cc(C(C)(C)C)cc4c2OB(OCC)Oc2c(cc(C(C)(C)C)cc2S(=O)c2cc(C(C)(C)C)cc(c2O1)S3=O)S4=O. The lowest BCUT2D eigenvalue weighted by molar-refractivity contribution is 0.204. The Labute approximate surface area is 365 Å². The molecule has 320 valence electrons. The van der Waals surface area contributed by atoms with Crippen molar-refractivity contribution in [2.24, 2.45) is 0 Å². The van der Waals surface area contributed by atoms with Crippen LogP contribution >= 0.6 is 0 Å². The Bertz CT molecular complexity index is 2180. The van der Waals surface area contributed by atoms with Gasteiger partial charge in [-0.05, 0) is 106 Å². The van der Waals surface area contributed by atoms with Gasteiger partial charge < -0.3 is 27.9 Å². The van der Waals surface area contributed by atoms with E-state index >= 15 is 16.8 Å². The van der Waals surface area contributed by atoms with Crippen molar-refractivity contribution in [1.82, 2.24) is 0 Å². The molecule has 10 rings (SSSR count).